The third-order valence-corrected chi connectivity index (χ3v) is 4.85. The van der Waals surface area contributed by atoms with Gasteiger partial charge in [0.05, 0.1) is 17.4 Å². The van der Waals surface area contributed by atoms with E-state index in [2.05, 4.69) is 25.5 Å². The Morgan fingerprint density at radius 2 is 1.96 bits per heavy atom. The fourth-order valence-corrected chi connectivity index (χ4v) is 3.30. The van der Waals surface area contributed by atoms with Crippen LogP contribution in [0.15, 0.2) is 29.1 Å². The number of para-hydroxylation sites is 1. The molecule has 0 radical (unpaired) electrons. The van der Waals surface area contributed by atoms with Crippen LogP contribution in [0, 0.1) is 0 Å². The van der Waals surface area contributed by atoms with E-state index in [9.17, 15) is 14.4 Å². The van der Waals surface area contributed by atoms with Gasteiger partial charge in [-0.3, -0.25) is 19.3 Å². The van der Waals surface area contributed by atoms with Crippen LogP contribution in [0.2, 0.25) is 0 Å². The Bertz CT molecular complexity index is 871. The molecule has 2 aromatic rings. The standard InChI is InChI=1S/C19H25N5O3/c1-20-18(26)12-24-10-8-13(9-11-24)21-17(25)7-6-16-22-15-5-3-2-4-14(15)19(27)23-16/h2-5,13H,6-12H2,1H3,(H,20,26)(H,21,25)(H,22,23,27). The summed E-state index contributed by atoms with van der Waals surface area (Å²) in [6.07, 6.45) is 2.32. The Kier molecular flexibility index (Phi) is 6.18. The second kappa shape index (κ2) is 8.77. The quantitative estimate of drug-likeness (QED) is 0.672. The van der Waals surface area contributed by atoms with E-state index < -0.39 is 0 Å². The largest absolute Gasteiger partial charge is 0.358 e. The van der Waals surface area contributed by atoms with Crippen molar-refractivity contribution in [2.75, 3.05) is 26.7 Å². The summed E-state index contributed by atoms with van der Waals surface area (Å²) >= 11 is 0. The highest BCUT2D eigenvalue weighted by Crippen LogP contribution is 2.11. The summed E-state index contributed by atoms with van der Waals surface area (Å²) in [5, 5.41) is 6.21. The van der Waals surface area contributed by atoms with Crippen LogP contribution in [0.1, 0.15) is 25.1 Å². The Labute approximate surface area is 157 Å². The molecule has 3 rings (SSSR count). The van der Waals surface area contributed by atoms with Gasteiger partial charge in [-0.15, -0.1) is 0 Å². The van der Waals surface area contributed by atoms with Crippen molar-refractivity contribution in [3.8, 4) is 0 Å². The summed E-state index contributed by atoms with van der Waals surface area (Å²) in [6, 6.07) is 7.28. The Morgan fingerprint density at radius 1 is 1.22 bits per heavy atom. The van der Waals surface area contributed by atoms with Gasteiger partial charge in [0.15, 0.2) is 0 Å². The molecule has 1 aliphatic rings. The predicted octanol–water partition coefficient (Wildman–Crippen LogP) is 0.182. The number of aromatic nitrogens is 2. The highest BCUT2D eigenvalue weighted by molar-refractivity contribution is 5.78. The number of fused-ring (bicyclic) bond motifs is 1. The number of aromatic amines is 1. The number of carbonyl (C=O) groups is 2. The maximum atomic E-state index is 12.2. The van der Waals surface area contributed by atoms with E-state index in [1.165, 1.54) is 0 Å². The highest BCUT2D eigenvalue weighted by atomic mass is 16.2. The Balaban J connectivity index is 1.47. The first-order valence-electron chi connectivity index (χ1n) is 9.25. The van der Waals surface area contributed by atoms with Crippen molar-refractivity contribution in [1.82, 2.24) is 25.5 Å². The predicted molar refractivity (Wildman–Crippen MR) is 102 cm³/mol. The SMILES string of the molecule is CNC(=O)CN1CCC(NC(=O)CCc2nc3ccccc3c(=O)[nH]2)CC1. The summed E-state index contributed by atoms with van der Waals surface area (Å²) in [6.45, 7) is 1.98. The van der Waals surface area contributed by atoms with Gasteiger partial charge in [-0.1, -0.05) is 12.1 Å². The fraction of sp³-hybridized carbons (Fsp3) is 0.474. The molecule has 1 aromatic heterocycles. The number of aryl methyl sites for hydroxylation is 1. The third kappa shape index (κ3) is 5.13. The van der Waals surface area contributed by atoms with Crippen LogP contribution < -0.4 is 16.2 Å². The van der Waals surface area contributed by atoms with Crippen molar-refractivity contribution in [2.24, 2.45) is 0 Å². The number of piperidine rings is 1. The van der Waals surface area contributed by atoms with Crippen LogP contribution in [0.25, 0.3) is 10.9 Å². The van der Waals surface area contributed by atoms with Gasteiger partial charge in [-0.25, -0.2) is 4.98 Å². The molecule has 27 heavy (non-hydrogen) atoms. The number of nitrogens with one attached hydrogen (secondary N) is 3. The molecule has 8 nitrogen and oxygen atoms in total. The topological polar surface area (TPSA) is 107 Å². The molecule has 2 amide bonds. The Morgan fingerprint density at radius 3 is 2.70 bits per heavy atom. The monoisotopic (exact) mass is 371 g/mol. The zero-order valence-corrected chi connectivity index (χ0v) is 15.5. The molecule has 1 fully saturated rings. The number of amides is 2. The molecule has 1 aromatic carbocycles. The van der Waals surface area contributed by atoms with Crippen molar-refractivity contribution < 1.29 is 9.59 Å². The van der Waals surface area contributed by atoms with E-state index in [-0.39, 0.29) is 29.8 Å². The number of nitrogens with zero attached hydrogens (tertiary/aromatic N) is 2. The van der Waals surface area contributed by atoms with Crippen LogP contribution in [-0.2, 0) is 16.0 Å². The minimum absolute atomic E-state index is 0.00867. The maximum Gasteiger partial charge on any atom is 0.258 e. The van der Waals surface area contributed by atoms with Gasteiger partial charge in [0, 0.05) is 39.0 Å². The molecule has 0 bridgehead atoms. The molecule has 8 heteroatoms. The molecule has 144 valence electrons. The maximum absolute atomic E-state index is 12.2. The van der Waals surface area contributed by atoms with Gasteiger partial charge in [-0.05, 0) is 25.0 Å². The average molecular weight is 371 g/mol. The second-order valence-electron chi connectivity index (χ2n) is 6.82. The first-order chi connectivity index (χ1) is 13.0. The number of hydrogen-bond acceptors (Lipinski definition) is 5. The summed E-state index contributed by atoms with van der Waals surface area (Å²) in [5.74, 6) is 0.485. The van der Waals surface area contributed by atoms with Gasteiger partial charge in [0.25, 0.3) is 5.56 Å². The van der Waals surface area contributed by atoms with Gasteiger partial charge < -0.3 is 15.6 Å². The smallest absolute Gasteiger partial charge is 0.258 e. The molecular formula is C19H25N5O3. The number of benzene rings is 1. The fourth-order valence-electron chi connectivity index (χ4n) is 3.30. The summed E-state index contributed by atoms with van der Waals surface area (Å²) < 4.78 is 0. The average Bonchev–Trinajstić information content (AvgIpc) is 2.68. The summed E-state index contributed by atoms with van der Waals surface area (Å²) in [7, 11) is 1.63. The van der Waals surface area contributed by atoms with Crippen molar-refractivity contribution in [3.63, 3.8) is 0 Å². The molecule has 0 atom stereocenters. The van der Waals surface area contributed by atoms with Gasteiger partial charge >= 0.3 is 0 Å². The van der Waals surface area contributed by atoms with Crippen molar-refractivity contribution in [3.05, 3.63) is 40.4 Å². The van der Waals surface area contributed by atoms with E-state index in [4.69, 9.17) is 0 Å². The molecule has 1 saturated heterocycles. The van der Waals surface area contributed by atoms with Crippen molar-refractivity contribution in [1.29, 1.82) is 0 Å². The first kappa shape index (κ1) is 19.0. The molecule has 0 unspecified atom stereocenters. The van der Waals surface area contributed by atoms with E-state index >= 15 is 0 Å². The molecule has 0 saturated carbocycles. The lowest BCUT2D eigenvalue weighted by molar-refractivity contribution is -0.124. The minimum Gasteiger partial charge on any atom is -0.358 e. The number of hydrogen-bond donors (Lipinski definition) is 3. The van der Waals surface area contributed by atoms with Crippen LogP contribution >= 0.6 is 0 Å². The van der Waals surface area contributed by atoms with Crippen LogP contribution in [0.5, 0.6) is 0 Å². The van der Waals surface area contributed by atoms with Crippen LogP contribution in [-0.4, -0.2) is 59.4 Å². The zero-order chi connectivity index (χ0) is 19.2. The van der Waals surface area contributed by atoms with E-state index in [0.717, 1.165) is 25.9 Å². The van der Waals surface area contributed by atoms with Gasteiger partial charge in [0.1, 0.15) is 5.82 Å². The van der Waals surface area contributed by atoms with Crippen molar-refractivity contribution in [2.45, 2.75) is 31.7 Å². The van der Waals surface area contributed by atoms with Gasteiger partial charge in [0.2, 0.25) is 11.8 Å². The van der Waals surface area contributed by atoms with Crippen LogP contribution in [0.3, 0.4) is 0 Å². The lowest BCUT2D eigenvalue weighted by Gasteiger charge is -2.31. The molecule has 0 spiro atoms. The second-order valence-corrected chi connectivity index (χ2v) is 6.82. The molecule has 2 heterocycles. The van der Waals surface area contributed by atoms with Gasteiger partial charge in [-0.2, -0.15) is 0 Å². The summed E-state index contributed by atoms with van der Waals surface area (Å²) in [5.41, 5.74) is 0.458. The van der Waals surface area contributed by atoms with Crippen molar-refractivity contribution >= 4 is 22.7 Å². The summed E-state index contributed by atoms with van der Waals surface area (Å²) in [4.78, 5) is 45.0. The third-order valence-electron chi connectivity index (χ3n) is 4.85. The number of likely N-dealkylation sites (N-methyl/N-ethyl adjacent to an activating group) is 1. The van der Waals surface area contributed by atoms with E-state index in [1.54, 1.807) is 25.2 Å². The van der Waals surface area contributed by atoms with Crippen LogP contribution in [0.4, 0.5) is 0 Å². The number of rotatable bonds is 6. The van der Waals surface area contributed by atoms with E-state index in [1.807, 2.05) is 6.07 Å². The Hall–Kier alpha value is -2.74. The highest BCUT2D eigenvalue weighted by Gasteiger charge is 2.21. The molecule has 0 aliphatic carbocycles. The minimum atomic E-state index is -0.181. The lowest BCUT2D eigenvalue weighted by Crippen LogP contribution is -2.47. The molecular weight excluding hydrogens is 346 g/mol. The number of H-pyrrole nitrogens is 1. The molecule has 3 N–H and O–H groups in total. The number of likely N-dealkylation sites (tertiary alicyclic amines) is 1. The zero-order valence-electron chi connectivity index (χ0n) is 15.5. The van der Waals surface area contributed by atoms with E-state index in [0.29, 0.717) is 29.7 Å². The lowest BCUT2D eigenvalue weighted by atomic mass is 10.0. The first-order valence-corrected chi connectivity index (χ1v) is 9.25. The normalized spacial score (nSPS) is 15.6. The molecule has 1 aliphatic heterocycles. The number of carbonyl (C=O) groups excluding carboxylic acids is 2.